The second-order valence-corrected chi connectivity index (χ2v) is 13.9. The summed E-state index contributed by atoms with van der Waals surface area (Å²) in [5, 5.41) is 2.14. The third-order valence-electron chi connectivity index (χ3n) is 10.4. The van der Waals surface area contributed by atoms with Gasteiger partial charge in [0, 0.05) is 33.0 Å². The van der Waals surface area contributed by atoms with Gasteiger partial charge in [-0.2, -0.15) is 0 Å². The highest BCUT2D eigenvalue weighted by Gasteiger charge is 2.22. The topological polar surface area (TPSA) is 43.6 Å². The number of benzene rings is 8. The number of halogens is 2. The van der Waals surface area contributed by atoms with Crippen LogP contribution >= 0.6 is 0 Å². The predicted molar refractivity (Wildman–Crippen MR) is 227 cm³/mol. The third-order valence-corrected chi connectivity index (χ3v) is 10.4. The van der Waals surface area contributed by atoms with Crippen molar-refractivity contribution in [3.05, 3.63) is 206 Å². The minimum Gasteiger partial charge on any atom is -0.308 e. The molecule has 0 saturated carbocycles. The highest BCUT2D eigenvalue weighted by Crippen LogP contribution is 2.41. The van der Waals surface area contributed by atoms with E-state index in [0.29, 0.717) is 28.6 Å². The quantitative estimate of drug-likeness (QED) is 0.164. The highest BCUT2D eigenvalue weighted by molar-refractivity contribution is 6.12. The van der Waals surface area contributed by atoms with E-state index in [4.69, 9.17) is 15.0 Å². The highest BCUT2D eigenvalue weighted by atomic mass is 19.2. The van der Waals surface area contributed by atoms with Gasteiger partial charge in [0.2, 0.25) is 0 Å². The van der Waals surface area contributed by atoms with Gasteiger partial charge in [0.1, 0.15) is 0 Å². The van der Waals surface area contributed by atoms with Crippen molar-refractivity contribution in [3.8, 4) is 73.2 Å². The van der Waals surface area contributed by atoms with Crippen molar-refractivity contribution in [1.82, 2.24) is 19.5 Å². The van der Waals surface area contributed by atoms with E-state index in [1.165, 1.54) is 6.07 Å². The zero-order chi connectivity index (χ0) is 38.3. The van der Waals surface area contributed by atoms with Crippen molar-refractivity contribution in [3.63, 3.8) is 0 Å². The van der Waals surface area contributed by atoms with Gasteiger partial charge < -0.3 is 4.57 Å². The van der Waals surface area contributed by atoms with Crippen LogP contribution < -0.4 is 0 Å². The summed E-state index contributed by atoms with van der Waals surface area (Å²) in [6, 6.07) is 63.3. The zero-order valence-corrected chi connectivity index (χ0v) is 30.5. The van der Waals surface area contributed by atoms with Gasteiger partial charge in [0.05, 0.1) is 16.7 Å². The summed E-state index contributed by atoms with van der Waals surface area (Å²) in [5.74, 6) is -0.444. The van der Waals surface area contributed by atoms with E-state index in [-0.39, 0.29) is 5.56 Å². The molecule has 8 aromatic carbocycles. The van der Waals surface area contributed by atoms with E-state index >= 15 is 4.39 Å². The molecule has 0 fully saturated rings. The van der Waals surface area contributed by atoms with Crippen molar-refractivity contribution in [2.24, 2.45) is 0 Å². The summed E-state index contributed by atoms with van der Waals surface area (Å²) in [7, 11) is 0. The molecule has 0 atom stereocenters. The molecule has 0 N–H and O–H groups in total. The second kappa shape index (κ2) is 14.3. The summed E-state index contributed by atoms with van der Waals surface area (Å²) >= 11 is 0. The Hall–Kier alpha value is -7.57. The average Bonchev–Trinajstić information content (AvgIpc) is 3.61. The van der Waals surface area contributed by atoms with E-state index in [0.717, 1.165) is 66.9 Å². The molecule has 6 heteroatoms. The maximum atomic E-state index is 15.5. The van der Waals surface area contributed by atoms with Gasteiger partial charge in [-0.05, 0) is 70.3 Å². The van der Waals surface area contributed by atoms with Gasteiger partial charge >= 0.3 is 0 Å². The van der Waals surface area contributed by atoms with Crippen LogP contribution in [0.4, 0.5) is 8.78 Å². The fourth-order valence-electron chi connectivity index (χ4n) is 7.64. The smallest absolute Gasteiger partial charge is 0.166 e. The minimum absolute atomic E-state index is 0.144. The lowest BCUT2D eigenvalue weighted by Crippen LogP contribution is -2.04. The van der Waals surface area contributed by atoms with Crippen LogP contribution in [0.2, 0.25) is 0 Å². The van der Waals surface area contributed by atoms with E-state index < -0.39 is 11.6 Å². The van der Waals surface area contributed by atoms with Gasteiger partial charge in [0.25, 0.3) is 0 Å². The molecule has 0 aliphatic rings. The summed E-state index contributed by atoms with van der Waals surface area (Å²) in [4.78, 5) is 15.2. The molecule has 270 valence electrons. The molecule has 2 aromatic heterocycles. The summed E-state index contributed by atoms with van der Waals surface area (Å²) in [6.45, 7) is 0. The van der Waals surface area contributed by atoms with Crippen LogP contribution in [0.25, 0.3) is 95.0 Å². The first kappa shape index (κ1) is 34.0. The molecule has 0 spiro atoms. The van der Waals surface area contributed by atoms with E-state index in [9.17, 15) is 4.39 Å². The molecule has 0 aliphatic heterocycles. The molecule has 10 aromatic rings. The lowest BCUT2D eigenvalue weighted by atomic mass is 10.00. The Morgan fingerprint density at radius 3 is 1.30 bits per heavy atom. The van der Waals surface area contributed by atoms with Gasteiger partial charge in [-0.3, -0.25) is 0 Å². The van der Waals surface area contributed by atoms with Crippen molar-refractivity contribution in [2.75, 3.05) is 0 Å². The van der Waals surface area contributed by atoms with Crippen LogP contribution in [0.15, 0.2) is 194 Å². The Balaban J connectivity index is 1.28. The normalized spacial score (nSPS) is 11.3. The molecule has 57 heavy (non-hydrogen) atoms. The van der Waals surface area contributed by atoms with Crippen LogP contribution in [0.5, 0.6) is 0 Å². The maximum absolute atomic E-state index is 15.5. The summed E-state index contributed by atoms with van der Waals surface area (Å²) < 4.78 is 32.5. The Morgan fingerprint density at radius 1 is 0.333 bits per heavy atom. The summed E-state index contributed by atoms with van der Waals surface area (Å²) in [5.41, 5.74) is 10.1. The van der Waals surface area contributed by atoms with Crippen molar-refractivity contribution < 1.29 is 8.78 Å². The first-order chi connectivity index (χ1) is 28.1. The first-order valence-electron chi connectivity index (χ1n) is 18.7. The van der Waals surface area contributed by atoms with Crippen molar-refractivity contribution in [2.45, 2.75) is 0 Å². The SMILES string of the molecule is Fc1cccc(-c2ccc(-n3c4ccc(-c5ccccc5)cc4c4cc(-c5ccccc5)ccc43)c(-c3nc(-c4ccccc4)nc(-c4ccccc4)n3)c2)c1F. The van der Waals surface area contributed by atoms with E-state index in [1.807, 2.05) is 115 Å². The second-order valence-electron chi connectivity index (χ2n) is 13.9. The number of hydrogen-bond donors (Lipinski definition) is 0. The van der Waals surface area contributed by atoms with Crippen LogP contribution in [-0.2, 0) is 0 Å². The maximum Gasteiger partial charge on any atom is 0.166 e. The zero-order valence-electron chi connectivity index (χ0n) is 30.5. The number of rotatable bonds is 7. The molecule has 0 saturated heterocycles. The number of nitrogens with zero attached hydrogens (tertiary/aromatic N) is 4. The fraction of sp³-hybridized carbons (Fsp3) is 0. The summed E-state index contributed by atoms with van der Waals surface area (Å²) in [6.07, 6.45) is 0. The Morgan fingerprint density at radius 2 is 0.789 bits per heavy atom. The minimum atomic E-state index is -0.916. The van der Waals surface area contributed by atoms with Crippen LogP contribution in [-0.4, -0.2) is 19.5 Å². The van der Waals surface area contributed by atoms with Gasteiger partial charge in [-0.15, -0.1) is 0 Å². The molecule has 10 rings (SSSR count). The van der Waals surface area contributed by atoms with Crippen molar-refractivity contribution >= 4 is 21.8 Å². The lowest BCUT2D eigenvalue weighted by Gasteiger charge is -2.17. The molecule has 0 amide bonds. The largest absolute Gasteiger partial charge is 0.308 e. The van der Waals surface area contributed by atoms with E-state index in [1.54, 1.807) is 6.07 Å². The predicted octanol–water partition coefficient (Wildman–Crippen LogP) is 13.2. The van der Waals surface area contributed by atoms with Crippen LogP contribution in [0.1, 0.15) is 0 Å². The first-order valence-corrected chi connectivity index (χ1v) is 18.7. The molecule has 2 heterocycles. The lowest BCUT2D eigenvalue weighted by molar-refractivity contribution is 0.511. The molecular formula is C51H32F2N4. The van der Waals surface area contributed by atoms with Gasteiger partial charge in [-0.1, -0.05) is 152 Å². The Labute approximate surface area is 328 Å². The standard InChI is InChI=1S/C51H32F2N4/c52-44-23-13-22-40(48(44)53)39-26-29-47(43(32-39)51-55-49(35-18-9-3-10-19-35)54-50(56-51)36-20-11-4-12-21-36)57-45-27-24-37(33-14-5-1-6-15-33)30-41(45)42-31-38(25-28-46(42)57)34-16-7-2-8-17-34/h1-32H. The molecule has 0 unspecified atom stereocenters. The number of fused-ring (bicyclic) bond motifs is 3. The van der Waals surface area contributed by atoms with Gasteiger partial charge in [0.15, 0.2) is 29.1 Å². The fourth-order valence-corrected chi connectivity index (χ4v) is 7.64. The van der Waals surface area contributed by atoms with Crippen LogP contribution in [0.3, 0.4) is 0 Å². The molecular weight excluding hydrogens is 707 g/mol. The van der Waals surface area contributed by atoms with Crippen LogP contribution in [0, 0.1) is 11.6 Å². The Bertz CT molecular complexity index is 2920. The van der Waals surface area contributed by atoms with Crippen molar-refractivity contribution in [1.29, 1.82) is 0 Å². The number of hydrogen-bond acceptors (Lipinski definition) is 3. The molecule has 0 radical (unpaired) electrons. The molecule has 0 bridgehead atoms. The Kier molecular flexibility index (Phi) is 8.49. The van der Waals surface area contributed by atoms with Gasteiger partial charge in [-0.25, -0.2) is 23.7 Å². The monoisotopic (exact) mass is 738 g/mol. The average molecular weight is 739 g/mol. The number of aromatic nitrogens is 4. The molecule has 4 nitrogen and oxygen atoms in total. The molecule has 0 aliphatic carbocycles. The van der Waals surface area contributed by atoms with E-state index in [2.05, 4.69) is 65.2 Å². The third kappa shape index (κ3) is 6.23.